The first-order valence-corrected chi connectivity index (χ1v) is 7.74. The Morgan fingerprint density at radius 1 is 1.37 bits per heavy atom. The molecule has 0 unspecified atom stereocenters. The summed E-state index contributed by atoms with van der Waals surface area (Å²) in [7, 11) is 1.55. The lowest BCUT2D eigenvalue weighted by molar-refractivity contribution is 0.0653. The molecule has 0 radical (unpaired) electrons. The Morgan fingerprint density at radius 2 is 2.05 bits per heavy atom. The number of aliphatic hydroxyl groups is 1. The Bertz CT molecular complexity index is 454. The number of benzene rings is 1. The summed E-state index contributed by atoms with van der Waals surface area (Å²) in [5.74, 6) is -0.327. The number of rotatable bonds is 6. The van der Waals surface area contributed by atoms with Crippen LogP contribution in [0, 0.1) is 7.14 Å². The van der Waals surface area contributed by atoms with Gasteiger partial charge in [-0.2, -0.15) is 0 Å². The van der Waals surface area contributed by atoms with E-state index >= 15 is 0 Å². The molecule has 106 valence electrons. The molecule has 0 fully saturated rings. The number of hydrogen-bond donors (Lipinski definition) is 2. The van der Waals surface area contributed by atoms with Crippen LogP contribution in [0.5, 0.6) is 5.75 Å². The lowest BCUT2D eigenvalue weighted by atomic mass is 10.1. The first-order chi connectivity index (χ1) is 9.01. The number of carbonyl (C=O) groups is 1. The number of phenols is 1. The van der Waals surface area contributed by atoms with E-state index in [4.69, 9.17) is 9.84 Å². The number of nitrogens with zero attached hydrogens (tertiary/aromatic N) is 1. The van der Waals surface area contributed by atoms with Crippen LogP contribution >= 0.6 is 45.2 Å². The van der Waals surface area contributed by atoms with Crippen LogP contribution in [0.3, 0.4) is 0 Å². The molecule has 0 aliphatic carbocycles. The Balaban J connectivity index is 3.01. The van der Waals surface area contributed by atoms with Gasteiger partial charge in [-0.25, -0.2) is 0 Å². The molecule has 1 aromatic carbocycles. The zero-order valence-electron chi connectivity index (χ0n) is 10.4. The molecule has 0 atom stereocenters. The van der Waals surface area contributed by atoms with Crippen molar-refractivity contribution in [2.75, 3.05) is 33.4 Å². The fourth-order valence-corrected chi connectivity index (χ4v) is 3.38. The lowest BCUT2D eigenvalue weighted by Gasteiger charge is -2.22. The van der Waals surface area contributed by atoms with Gasteiger partial charge in [-0.3, -0.25) is 4.79 Å². The Kier molecular flexibility index (Phi) is 7.32. The average molecular weight is 491 g/mol. The van der Waals surface area contributed by atoms with Gasteiger partial charge in [-0.05, 0) is 57.3 Å². The fourth-order valence-electron chi connectivity index (χ4n) is 1.54. The minimum Gasteiger partial charge on any atom is -0.506 e. The topological polar surface area (TPSA) is 70.0 Å². The van der Waals surface area contributed by atoms with Gasteiger partial charge >= 0.3 is 0 Å². The van der Waals surface area contributed by atoms with E-state index in [0.29, 0.717) is 16.7 Å². The van der Waals surface area contributed by atoms with Crippen molar-refractivity contribution in [3.8, 4) is 5.75 Å². The minimum absolute atomic E-state index is 0.0219. The highest BCUT2D eigenvalue weighted by Gasteiger charge is 2.20. The summed E-state index contributed by atoms with van der Waals surface area (Å²) in [6.07, 6.45) is 0. The van der Waals surface area contributed by atoms with Crippen molar-refractivity contribution in [1.29, 1.82) is 0 Å². The monoisotopic (exact) mass is 491 g/mol. The van der Waals surface area contributed by atoms with E-state index in [1.54, 1.807) is 19.2 Å². The van der Waals surface area contributed by atoms with Crippen LogP contribution in [0.25, 0.3) is 0 Å². The first kappa shape index (κ1) is 16.9. The number of aliphatic hydroxyl groups excluding tert-OH is 1. The summed E-state index contributed by atoms with van der Waals surface area (Å²) in [4.78, 5) is 13.8. The standard InChI is InChI=1S/C12H15I2NO4/c1-19-5-3-15(2-4-16)12(18)9-6-8(13)7-10(14)11(9)17/h6-7,16-17H,2-5H2,1H3. The molecule has 0 heterocycles. The summed E-state index contributed by atoms with van der Waals surface area (Å²) >= 11 is 4.08. The third-order valence-electron chi connectivity index (χ3n) is 2.48. The highest BCUT2D eigenvalue weighted by Crippen LogP contribution is 2.28. The summed E-state index contributed by atoms with van der Waals surface area (Å²) in [5.41, 5.74) is 0.251. The van der Waals surface area contributed by atoms with Gasteiger partial charge in [0.15, 0.2) is 0 Å². The van der Waals surface area contributed by atoms with E-state index in [1.165, 1.54) is 4.90 Å². The zero-order chi connectivity index (χ0) is 14.4. The minimum atomic E-state index is -0.306. The van der Waals surface area contributed by atoms with Gasteiger partial charge in [0.1, 0.15) is 5.75 Å². The molecule has 19 heavy (non-hydrogen) atoms. The van der Waals surface area contributed by atoms with Gasteiger partial charge in [-0.15, -0.1) is 0 Å². The molecule has 0 aromatic heterocycles. The van der Waals surface area contributed by atoms with Gasteiger partial charge in [0.2, 0.25) is 0 Å². The predicted octanol–water partition coefficient (Wildman–Crippen LogP) is 1.68. The molecule has 0 saturated heterocycles. The highest BCUT2D eigenvalue weighted by molar-refractivity contribution is 14.1. The second-order valence-corrected chi connectivity index (χ2v) is 6.20. The Hall–Kier alpha value is -0.130. The van der Waals surface area contributed by atoms with Crippen LogP contribution in [0.2, 0.25) is 0 Å². The number of methoxy groups -OCH3 is 1. The molecule has 0 spiro atoms. The van der Waals surface area contributed by atoms with E-state index in [9.17, 15) is 9.90 Å². The van der Waals surface area contributed by atoms with Crippen LogP contribution in [-0.2, 0) is 4.74 Å². The Morgan fingerprint density at radius 3 is 2.63 bits per heavy atom. The van der Waals surface area contributed by atoms with E-state index in [1.807, 2.05) is 22.6 Å². The maximum Gasteiger partial charge on any atom is 0.257 e. The Labute approximate surface area is 139 Å². The summed E-state index contributed by atoms with van der Waals surface area (Å²) in [6.45, 7) is 0.839. The number of hydrogen-bond acceptors (Lipinski definition) is 4. The third kappa shape index (κ3) is 4.72. The molecule has 0 aliphatic rings. The number of carbonyl (C=O) groups excluding carboxylic acids is 1. The molecule has 1 amide bonds. The first-order valence-electron chi connectivity index (χ1n) is 5.58. The normalized spacial score (nSPS) is 10.5. The maximum absolute atomic E-state index is 12.4. The van der Waals surface area contributed by atoms with Gasteiger partial charge in [0.25, 0.3) is 5.91 Å². The van der Waals surface area contributed by atoms with Crippen molar-refractivity contribution in [3.05, 3.63) is 24.8 Å². The SMILES string of the molecule is COCCN(CCO)C(=O)c1cc(I)cc(I)c1O. The third-order valence-corrected chi connectivity index (χ3v) is 3.93. The van der Waals surface area contributed by atoms with Crippen LogP contribution in [0.1, 0.15) is 10.4 Å². The van der Waals surface area contributed by atoms with Crippen molar-refractivity contribution >= 4 is 51.1 Å². The fraction of sp³-hybridized carbons (Fsp3) is 0.417. The molecule has 0 aliphatic heterocycles. The van der Waals surface area contributed by atoms with Crippen molar-refractivity contribution in [2.45, 2.75) is 0 Å². The molecule has 5 nitrogen and oxygen atoms in total. The molecule has 0 bridgehead atoms. The predicted molar refractivity (Wildman–Crippen MR) is 88.4 cm³/mol. The number of ether oxygens (including phenoxy) is 1. The van der Waals surface area contributed by atoms with Crippen LogP contribution in [0.15, 0.2) is 12.1 Å². The van der Waals surface area contributed by atoms with Crippen LogP contribution < -0.4 is 0 Å². The van der Waals surface area contributed by atoms with Crippen molar-refractivity contribution in [1.82, 2.24) is 4.90 Å². The van der Waals surface area contributed by atoms with Gasteiger partial charge < -0.3 is 19.8 Å². The van der Waals surface area contributed by atoms with E-state index in [-0.39, 0.29) is 30.4 Å². The summed E-state index contributed by atoms with van der Waals surface area (Å²) in [6, 6.07) is 3.43. The van der Waals surface area contributed by atoms with Crippen molar-refractivity contribution < 1.29 is 19.7 Å². The van der Waals surface area contributed by atoms with Crippen LogP contribution in [-0.4, -0.2) is 54.4 Å². The van der Waals surface area contributed by atoms with Gasteiger partial charge in [-0.1, -0.05) is 0 Å². The van der Waals surface area contributed by atoms with Gasteiger partial charge in [0, 0.05) is 23.8 Å². The second kappa shape index (κ2) is 8.22. The largest absolute Gasteiger partial charge is 0.506 e. The average Bonchev–Trinajstić information content (AvgIpc) is 2.38. The van der Waals surface area contributed by atoms with Gasteiger partial charge in [0.05, 0.1) is 22.3 Å². The molecule has 1 rings (SSSR count). The summed E-state index contributed by atoms with van der Waals surface area (Å²) < 4.78 is 6.44. The molecular weight excluding hydrogens is 476 g/mol. The quantitative estimate of drug-likeness (QED) is 0.595. The number of halogens is 2. The van der Waals surface area contributed by atoms with E-state index in [0.717, 1.165) is 3.57 Å². The molecular formula is C12H15I2NO4. The smallest absolute Gasteiger partial charge is 0.257 e. The molecule has 2 N–H and O–H groups in total. The molecule has 0 saturated carbocycles. The molecule has 7 heteroatoms. The lowest BCUT2D eigenvalue weighted by Crippen LogP contribution is -2.36. The highest BCUT2D eigenvalue weighted by atomic mass is 127. The number of phenolic OH excluding ortho intramolecular Hbond substituents is 1. The van der Waals surface area contributed by atoms with Crippen molar-refractivity contribution in [2.24, 2.45) is 0 Å². The maximum atomic E-state index is 12.4. The number of aromatic hydroxyl groups is 1. The second-order valence-electron chi connectivity index (χ2n) is 3.79. The van der Waals surface area contributed by atoms with E-state index < -0.39 is 0 Å². The number of amides is 1. The van der Waals surface area contributed by atoms with Crippen LogP contribution in [0.4, 0.5) is 0 Å². The summed E-state index contributed by atoms with van der Waals surface area (Å²) in [5, 5.41) is 19.0. The zero-order valence-corrected chi connectivity index (χ0v) is 14.7. The molecule has 1 aromatic rings. The van der Waals surface area contributed by atoms with Crippen molar-refractivity contribution in [3.63, 3.8) is 0 Å². The van der Waals surface area contributed by atoms with E-state index in [2.05, 4.69) is 22.6 Å².